The van der Waals surface area contributed by atoms with Crippen molar-refractivity contribution in [3.05, 3.63) is 16.6 Å². The number of carboxylic acids is 1. The number of carbonyl (C=O) groups is 2. The maximum absolute atomic E-state index is 12.1. The van der Waals surface area contributed by atoms with E-state index < -0.39 is 23.1 Å². The van der Waals surface area contributed by atoms with Crippen LogP contribution in [0.3, 0.4) is 0 Å². The van der Waals surface area contributed by atoms with Crippen molar-refractivity contribution >= 4 is 23.4 Å². The molecule has 7 heteroatoms. The fourth-order valence-corrected chi connectivity index (χ4v) is 3.15. The van der Waals surface area contributed by atoms with Gasteiger partial charge in [-0.1, -0.05) is 0 Å². The van der Waals surface area contributed by atoms with E-state index in [1.165, 1.54) is 16.2 Å². The van der Waals surface area contributed by atoms with Crippen LogP contribution in [0.15, 0.2) is 11.7 Å². The van der Waals surface area contributed by atoms with Crippen LogP contribution in [0, 0.1) is 5.41 Å². The van der Waals surface area contributed by atoms with E-state index in [9.17, 15) is 14.7 Å². The molecule has 0 radical (unpaired) electrons. The minimum absolute atomic E-state index is 0.176. The fraction of sp³-hybridized carbons (Fsp3) is 0.643. The lowest BCUT2D eigenvalue weighted by Crippen LogP contribution is -2.40. The standard InChI is InChI=1S/C14H20N2O4S/c1-13(2,3)20-12(19)16-5-4-14(8-16,11(17)18)6-10-7-15-9-21-10/h7,9H,4-6,8H2,1-3H3,(H,17,18). The Morgan fingerprint density at radius 3 is 2.76 bits per heavy atom. The molecule has 0 aliphatic carbocycles. The van der Waals surface area contributed by atoms with Gasteiger partial charge in [-0.3, -0.25) is 9.78 Å². The molecule has 21 heavy (non-hydrogen) atoms. The average Bonchev–Trinajstić information content (AvgIpc) is 2.97. The molecule has 1 atom stereocenters. The molecule has 0 spiro atoms. The van der Waals surface area contributed by atoms with E-state index in [2.05, 4.69) is 4.98 Å². The first kappa shape index (κ1) is 15.8. The number of amides is 1. The number of hydrogen-bond donors (Lipinski definition) is 1. The largest absolute Gasteiger partial charge is 0.481 e. The molecule has 1 aromatic heterocycles. The fourth-order valence-electron chi connectivity index (χ4n) is 2.41. The number of nitrogens with zero attached hydrogens (tertiary/aromatic N) is 2. The van der Waals surface area contributed by atoms with Gasteiger partial charge in [-0.15, -0.1) is 11.3 Å². The van der Waals surface area contributed by atoms with Gasteiger partial charge in [-0.2, -0.15) is 0 Å². The van der Waals surface area contributed by atoms with Crippen LogP contribution in [0.25, 0.3) is 0 Å². The van der Waals surface area contributed by atoms with E-state index in [-0.39, 0.29) is 6.54 Å². The van der Waals surface area contributed by atoms with Crippen molar-refractivity contribution in [2.75, 3.05) is 13.1 Å². The van der Waals surface area contributed by atoms with Gasteiger partial charge in [0.2, 0.25) is 0 Å². The maximum atomic E-state index is 12.1. The number of aliphatic carboxylic acids is 1. The highest BCUT2D eigenvalue weighted by Crippen LogP contribution is 2.36. The van der Waals surface area contributed by atoms with Crippen LogP contribution < -0.4 is 0 Å². The summed E-state index contributed by atoms with van der Waals surface area (Å²) in [5, 5.41) is 9.60. The summed E-state index contributed by atoms with van der Waals surface area (Å²) in [5.74, 6) is -0.873. The molecule has 1 aromatic rings. The quantitative estimate of drug-likeness (QED) is 0.927. The summed E-state index contributed by atoms with van der Waals surface area (Å²) >= 11 is 1.44. The van der Waals surface area contributed by atoms with Crippen molar-refractivity contribution in [3.8, 4) is 0 Å². The summed E-state index contributed by atoms with van der Waals surface area (Å²) in [6, 6.07) is 0. The Morgan fingerprint density at radius 1 is 1.52 bits per heavy atom. The highest BCUT2D eigenvalue weighted by molar-refractivity contribution is 7.09. The third kappa shape index (κ3) is 3.72. The molecule has 1 aliphatic rings. The molecule has 1 saturated heterocycles. The molecule has 1 fully saturated rings. The number of rotatable bonds is 3. The van der Waals surface area contributed by atoms with Crippen molar-refractivity contribution in [2.45, 2.75) is 39.2 Å². The van der Waals surface area contributed by atoms with Crippen LogP contribution >= 0.6 is 11.3 Å². The van der Waals surface area contributed by atoms with Gasteiger partial charge in [0, 0.05) is 30.6 Å². The van der Waals surface area contributed by atoms with Gasteiger partial charge < -0.3 is 14.7 Å². The Hall–Kier alpha value is -1.63. The number of likely N-dealkylation sites (tertiary alicyclic amines) is 1. The van der Waals surface area contributed by atoms with Crippen LogP contribution in [0.4, 0.5) is 4.79 Å². The minimum atomic E-state index is -0.941. The number of carbonyl (C=O) groups excluding carboxylic acids is 1. The van der Waals surface area contributed by atoms with E-state index in [0.29, 0.717) is 19.4 Å². The van der Waals surface area contributed by atoms with Crippen LogP contribution in [0.5, 0.6) is 0 Å². The Morgan fingerprint density at radius 2 is 2.24 bits per heavy atom. The van der Waals surface area contributed by atoms with Crippen molar-refractivity contribution in [1.29, 1.82) is 0 Å². The zero-order valence-corrected chi connectivity index (χ0v) is 13.3. The zero-order chi connectivity index (χ0) is 15.7. The molecule has 1 N–H and O–H groups in total. The minimum Gasteiger partial charge on any atom is -0.481 e. The van der Waals surface area contributed by atoms with Gasteiger partial charge in [0.1, 0.15) is 5.60 Å². The smallest absolute Gasteiger partial charge is 0.410 e. The SMILES string of the molecule is CC(C)(C)OC(=O)N1CCC(Cc2cncs2)(C(=O)O)C1. The summed E-state index contributed by atoms with van der Waals surface area (Å²) in [7, 11) is 0. The number of carboxylic acid groups (broad SMARTS) is 1. The molecule has 0 aromatic carbocycles. The highest BCUT2D eigenvalue weighted by atomic mass is 32.1. The Labute approximate surface area is 127 Å². The molecule has 6 nitrogen and oxygen atoms in total. The Kier molecular flexibility index (Phi) is 4.22. The lowest BCUT2D eigenvalue weighted by molar-refractivity contribution is -0.148. The molecule has 116 valence electrons. The monoisotopic (exact) mass is 312 g/mol. The number of thiazole rings is 1. The first-order valence-electron chi connectivity index (χ1n) is 6.81. The van der Waals surface area contributed by atoms with Crippen molar-refractivity contribution in [2.24, 2.45) is 5.41 Å². The zero-order valence-electron chi connectivity index (χ0n) is 12.5. The van der Waals surface area contributed by atoms with Crippen molar-refractivity contribution < 1.29 is 19.4 Å². The average molecular weight is 312 g/mol. The topological polar surface area (TPSA) is 79.7 Å². The third-order valence-corrected chi connectivity index (χ3v) is 4.23. The Bertz CT molecular complexity index is 524. The van der Waals surface area contributed by atoms with Gasteiger partial charge in [0.05, 0.1) is 10.9 Å². The van der Waals surface area contributed by atoms with E-state index >= 15 is 0 Å². The van der Waals surface area contributed by atoms with Gasteiger partial charge in [-0.25, -0.2) is 4.79 Å². The van der Waals surface area contributed by atoms with Crippen LogP contribution in [0.2, 0.25) is 0 Å². The van der Waals surface area contributed by atoms with Crippen LogP contribution in [-0.4, -0.2) is 45.7 Å². The lowest BCUT2D eigenvalue weighted by atomic mass is 9.83. The molecule has 1 unspecified atom stereocenters. The number of ether oxygens (including phenoxy) is 1. The van der Waals surface area contributed by atoms with Crippen molar-refractivity contribution in [3.63, 3.8) is 0 Å². The van der Waals surface area contributed by atoms with E-state index in [1.807, 2.05) is 0 Å². The normalized spacial score (nSPS) is 22.3. The second-order valence-electron chi connectivity index (χ2n) is 6.38. The van der Waals surface area contributed by atoms with E-state index in [1.54, 1.807) is 32.5 Å². The summed E-state index contributed by atoms with van der Waals surface area (Å²) in [6.07, 6.45) is 2.06. The van der Waals surface area contributed by atoms with Crippen LogP contribution in [0.1, 0.15) is 32.1 Å². The van der Waals surface area contributed by atoms with Gasteiger partial charge in [-0.05, 0) is 27.2 Å². The molecule has 0 saturated carbocycles. The Balaban J connectivity index is 2.09. The number of hydrogen-bond acceptors (Lipinski definition) is 5. The summed E-state index contributed by atoms with van der Waals surface area (Å²) in [6.45, 7) is 5.96. The molecule has 2 heterocycles. The van der Waals surface area contributed by atoms with Crippen molar-refractivity contribution in [1.82, 2.24) is 9.88 Å². The third-order valence-electron chi connectivity index (χ3n) is 3.46. The lowest BCUT2D eigenvalue weighted by Gasteiger charge is -2.26. The first-order chi connectivity index (χ1) is 9.72. The molecule has 0 bridgehead atoms. The molecular formula is C14H20N2O4S. The molecule has 2 rings (SSSR count). The molecular weight excluding hydrogens is 292 g/mol. The van der Waals surface area contributed by atoms with Gasteiger partial charge >= 0.3 is 12.1 Å². The number of aromatic nitrogens is 1. The summed E-state index contributed by atoms with van der Waals surface area (Å²) < 4.78 is 5.31. The maximum Gasteiger partial charge on any atom is 0.410 e. The predicted molar refractivity (Wildman–Crippen MR) is 78.3 cm³/mol. The summed E-state index contributed by atoms with van der Waals surface area (Å²) in [4.78, 5) is 30.2. The predicted octanol–water partition coefficient (Wildman–Crippen LogP) is 2.40. The summed E-state index contributed by atoms with van der Waals surface area (Å²) in [5.41, 5.74) is 0.165. The molecule has 1 aliphatic heterocycles. The first-order valence-corrected chi connectivity index (χ1v) is 7.68. The van der Waals surface area contributed by atoms with E-state index in [4.69, 9.17) is 4.74 Å². The molecule has 1 amide bonds. The van der Waals surface area contributed by atoms with Gasteiger partial charge in [0.25, 0.3) is 0 Å². The second-order valence-corrected chi connectivity index (χ2v) is 7.35. The van der Waals surface area contributed by atoms with Gasteiger partial charge in [0.15, 0.2) is 0 Å². The second kappa shape index (κ2) is 5.63. The van der Waals surface area contributed by atoms with Crippen LogP contribution in [-0.2, 0) is 16.0 Å². The highest BCUT2D eigenvalue weighted by Gasteiger charge is 2.47. The van der Waals surface area contributed by atoms with E-state index in [0.717, 1.165) is 4.88 Å².